The maximum Gasteiger partial charge on any atom is 0.389 e. The van der Waals surface area contributed by atoms with Crippen molar-refractivity contribution < 1.29 is 18.3 Å². The Balaban J connectivity index is 3.28. The van der Waals surface area contributed by atoms with Crippen LogP contribution < -0.4 is 0 Å². The van der Waals surface area contributed by atoms with Crippen LogP contribution in [0.4, 0.5) is 13.2 Å². The average molecular weight is 154 g/mol. The van der Waals surface area contributed by atoms with E-state index in [1.165, 1.54) is 12.2 Å². The minimum atomic E-state index is -4.08. The number of aliphatic hydroxyl groups excluding tert-OH is 1. The summed E-state index contributed by atoms with van der Waals surface area (Å²) in [6.45, 7) is -0.197. The Morgan fingerprint density at radius 3 is 2.20 bits per heavy atom. The maximum atomic E-state index is 11.4. The Labute approximate surface area is 57.2 Å². The topological polar surface area (TPSA) is 20.2 Å². The standard InChI is InChI=1S/C6H9F3O/c7-6(8,9)4-2-1-3-5-10/h1,3,10H,2,4-5H2. The molecule has 0 atom stereocenters. The molecule has 1 nitrogen and oxygen atoms in total. The van der Waals surface area contributed by atoms with Crippen LogP contribution >= 0.6 is 0 Å². The SMILES string of the molecule is OCC=CCCC(F)(F)F. The summed E-state index contributed by atoms with van der Waals surface area (Å²) in [7, 11) is 0. The van der Waals surface area contributed by atoms with Crippen molar-refractivity contribution in [3.8, 4) is 0 Å². The van der Waals surface area contributed by atoms with Crippen molar-refractivity contribution in [3.63, 3.8) is 0 Å². The number of hydrogen-bond donors (Lipinski definition) is 1. The highest BCUT2D eigenvalue weighted by atomic mass is 19.4. The molecule has 0 fully saturated rings. The Bertz CT molecular complexity index is 106. The molecule has 0 radical (unpaired) electrons. The fraction of sp³-hybridized carbons (Fsp3) is 0.667. The molecule has 0 aromatic heterocycles. The first-order valence-electron chi connectivity index (χ1n) is 2.89. The molecule has 0 heterocycles. The Morgan fingerprint density at radius 2 is 1.80 bits per heavy atom. The van der Waals surface area contributed by atoms with Crippen molar-refractivity contribution in [2.75, 3.05) is 6.61 Å². The molecule has 0 saturated carbocycles. The fourth-order valence-corrected chi connectivity index (χ4v) is 0.439. The van der Waals surface area contributed by atoms with Gasteiger partial charge in [-0.05, 0) is 6.42 Å². The van der Waals surface area contributed by atoms with Crippen molar-refractivity contribution in [1.29, 1.82) is 0 Å². The molecule has 0 spiro atoms. The highest BCUT2D eigenvalue weighted by molar-refractivity contribution is 4.81. The second-order valence-corrected chi connectivity index (χ2v) is 1.81. The molecule has 0 bridgehead atoms. The van der Waals surface area contributed by atoms with E-state index in [2.05, 4.69) is 0 Å². The van der Waals surface area contributed by atoms with E-state index in [9.17, 15) is 13.2 Å². The quantitative estimate of drug-likeness (QED) is 0.615. The van der Waals surface area contributed by atoms with E-state index in [4.69, 9.17) is 5.11 Å². The first-order valence-corrected chi connectivity index (χ1v) is 2.89. The van der Waals surface area contributed by atoms with Gasteiger partial charge in [-0.1, -0.05) is 12.2 Å². The second-order valence-electron chi connectivity index (χ2n) is 1.81. The first-order chi connectivity index (χ1) is 4.56. The molecule has 10 heavy (non-hydrogen) atoms. The van der Waals surface area contributed by atoms with Gasteiger partial charge in [0.15, 0.2) is 0 Å². The van der Waals surface area contributed by atoms with Crippen molar-refractivity contribution in [1.82, 2.24) is 0 Å². The van der Waals surface area contributed by atoms with Gasteiger partial charge in [-0.25, -0.2) is 0 Å². The molecule has 0 saturated heterocycles. The Kier molecular flexibility index (Phi) is 4.11. The third-order valence-electron chi connectivity index (χ3n) is 0.867. The van der Waals surface area contributed by atoms with E-state index in [-0.39, 0.29) is 13.0 Å². The van der Waals surface area contributed by atoms with Gasteiger partial charge in [-0.2, -0.15) is 13.2 Å². The molecule has 0 aromatic carbocycles. The van der Waals surface area contributed by atoms with Gasteiger partial charge in [-0.15, -0.1) is 0 Å². The van der Waals surface area contributed by atoms with Crippen LogP contribution in [0.15, 0.2) is 12.2 Å². The van der Waals surface area contributed by atoms with Crippen LogP contribution in [0.25, 0.3) is 0 Å². The lowest BCUT2D eigenvalue weighted by Gasteiger charge is -2.01. The predicted octanol–water partition coefficient (Wildman–Crippen LogP) is 1.88. The number of rotatable bonds is 3. The van der Waals surface area contributed by atoms with Crippen LogP contribution in [-0.2, 0) is 0 Å². The summed E-state index contributed by atoms with van der Waals surface area (Å²) < 4.78 is 34.2. The Hall–Kier alpha value is -0.510. The predicted molar refractivity (Wildman–Crippen MR) is 31.5 cm³/mol. The molecule has 1 N–H and O–H groups in total. The van der Waals surface area contributed by atoms with E-state index < -0.39 is 12.6 Å². The third-order valence-corrected chi connectivity index (χ3v) is 0.867. The van der Waals surface area contributed by atoms with Gasteiger partial charge in [0.1, 0.15) is 0 Å². The highest BCUT2D eigenvalue weighted by Crippen LogP contribution is 2.21. The molecule has 0 unspecified atom stereocenters. The molecule has 0 rings (SSSR count). The summed E-state index contributed by atoms with van der Waals surface area (Å²) >= 11 is 0. The number of aliphatic hydroxyl groups is 1. The molecule has 0 aliphatic carbocycles. The van der Waals surface area contributed by atoms with Gasteiger partial charge >= 0.3 is 6.18 Å². The van der Waals surface area contributed by atoms with E-state index in [0.29, 0.717) is 0 Å². The molecule has 4 heteroatoms. The van der Waals surface area contributed by atoms with Gasteiger partial charge in [0.05, 0.1) is 6.61 Å². The molecular weight excluding hydrogens is 145 g/mol. The van der Waals surface area contributed by atoms with E-state index in [1.807, 2.05) is 0 Å². The van der Waals surface area contributed by atoms with E-state index >= 15 is 0 Å². The van der Waals surface area contributed by atoms with Crippen molar-refractivity contribution >= 4 is 0 Å². The van der Waals surface area contributed by atoms with Crippen molar-refractivity contribution in [3.05, 3.63) is 12.2 Å². The summed E-state index contributed by atoms with van der Waals surface area (Å²) in [4.78, 5) is 0. The number of alkyl halides is 3. The second kappa shape index (κ2) is 4.33. The third kappa shape index (κ3) is 7.49. The van der Waals surface area contributed by atoms with Crippen LogP contribution in [-0.4, -0.2) is 17.9 Å². The first kappa shape index (κ1) is 9.49. The minimum Gasteiger partial charge on any atom is -0.392 e. The van der Waals surface area contributed by atoms with Gasteiger partial charge in [0.2, 0.25) is 0 Å². The van der Waals surface area contributed by atoms with Crippen LogP contribution in [0.2, 0.25) is 0 Å². The number of halogens is 3. The van der Waals surface area contributed by atoms with Gasteiger partial charge < -0.3 is 5.11 Å². The van der Waals surface area contributed by atoms with Gasteiger partial charge in [0.25, 0.3) is 0 Å². The zero-order valence-corrected chi connectivity index (χ0v) is 5.36. The smallest absolute Gasteiger partial charge is 0.389 e. The number of hydrogen-bond acceptors (Lipinski definition) is 1. The summed E-state index contributed by atoms with van der Waals surface area (Å²) in [5.41, 5.74) is 0. The summed E-state index contributed by atoms with van der Waals surface area (Å²) in [5.74, 6) is 0. The van der Waals surface area contributed by atoms with E-state index in [1.54, 1.807) is 0 Å². The Morgan fingerprint density at radius 1 is 1.20 bits per heavy atom. The normalized spacial score (nSPS) is 12.8. The van der Waals surface area contributed by atoms with E-state index in [0.717, 1.165) is 0 Å². The zero-order chi connectivity index (χ0) is 8.04. The minimum absolute atomic E-state index is 0.0515. The van der Waals surface area contributed by atoms with Gasteiger partial charge in [-0.3, -0.25) is 0 Å². The van der Waals surface area contributed by atoms with Crippen LogP contribution in [0.5, 0.6) is 0 Å². The number of allylic oxidation sites excluding steroid dienone is 1. The zero-order valence-electron chi connectivity index (χ0n) is 5.36. The lowest BCUT2D eigenvalue weighted by molar-refractivity contribution is -0.133. The van der Waals surface area contributed by atoms with Crippen molar-refractivity contribution in [2.24, 2.45) is 0 Å². The fourth-order valence-electron chi connectivity index (χ4n) is 0.439. The largest absolute Gasteiger partial charge is 0.392 e. The summed E-state index contributed by atoms with van der Waals surface area (Å²) in [6, 6.07) is 0. The lowest BCUT2D eigenvalue weighted by atomic mass is 10.3. The molecule has 0 aliphatic rings. The average Bonchev–Trinajstić information content (AvgIpc) is 1.78. The molecule has 60 valence electrons. The highest BCUT2D eigenvalue weighted by Gasteiger charge is 2.25. The van der Waals surface area contributed by atoms with Crippen LogP contribution in [0.1, 0.15) is 12.8 Å². The van der Waals surface area contributed by atoms with Crippen LogP contribution in [0.3, 0.4) is 0 Å². The molecule has 0 amide bonds. The molecule has 0 aromatic rings. The molecular formula is C6H9F3O. The molecule has 0 aliphatic heterocycles. The van der Waals surface area contributed by atoms with Crippen LogP contribution in [0, 0.1) is 0 Å². The summed E-state index contributed by atoms with van der Waals surface area (Å²) in [5, 5.41) is 8.13. The summed E-state index contributed by atoms with van der Waals surface area (Å²) in [6.07, 6.45) is -2.34. The van der Waals surface area contributed by atoms with Gasteiger partial charge in [0, 0.05) is 6.42 Å². The monoisotopic (exact) mass is 154 g/mol. The lowest BCUT2D eigenvalue weighted by Crippen LogP contribution is -2.05. The maximum absolute atomic E-state index is 11.4. The van der Waals surface area contributed by atoms with Crippen molar-refractivity contribution in [2.45, 2.75) is 19.0 Å².